The lowest BCUT2D eigenvalue weighted by molar-refractivity contribution is -0.140. The summed E-state index contributed by atoms with van der Waals surface area (Å²) < 4.78 is 41.0. The molecule has 0 aliphatic carbocycles. The topological polar surface area (TPSA) is 105 Å². The number of anilines is 1. The van der Waals surface area contributed by atoms with Gasteiger partial charge in [-0.2, -0.15) is 0 Å². The number of ether oxygens (including phenoxy) is 2. The average Bonchev–Trinajstić information content (AvgIpc) is 3.09. The zero-order valence-corrected chi connectivity index (χ0v) is 29.0. The number of benzene rings is 4. The summed E-state index contributed by atoms with van der Waals surface area (Å²) in [4.78, 5) is 30.1. The number of carbonyl (C=O) groups excluding carboxylic acids is 2. The number of nitrogens with zero attached hydrogens (tertiary/aromatic N) is 2. The molecular formula is C36H37Cl2N3O6S. The third-order valence-electron chi connectivity index (χ3n) is 8.05. The van der Waals surface area contributed by atoms with E-state index in [1.165, 1.54) is 17.0 Å². The lowest BCUT2D eigenvalue weighted by Gasteiger charge is -2.34. The molecule has 4 aromatic carbocycles. The molecule has 48 heavy (non-hydrogen) atoms. The van der Waals surface area contributed by atoms with Crippen molar-refractivity contribution in [1.82, 2.24) is 10.2 Å². The second-order valence-electron chi connectivity index (χ2n) is 11.4. The van der Waals surface area contributed by atoms with Crippen LogP contribution in [-0.2, 0) is 32.6 Å². The Morgan fingerprint density at radius 1 is 0.875 bits per heavy atom. The van der Waals surface area contributed by atoms with Gasteiger partial charge in [-0.05, 0) is 60.9 Å². The second-order valence-corrected chi connectivity index (χ2v) is 14.1. The predicted molar refractivity (Wildman–Crippen MR) is 187 cm³/mol. The van der Waals surface area contributed by atoms with Crippen LogP contribution in [0.2, 0.25) is 10.0 Å². The van der Waals surface area contributed by atoms with Crippen molar-refractivity contribution in [3.63, 3.8) is 0 Å². The number of hydrogen-bond acceptors (Lipinski definition) is 6. The Balaban J connectivity index is 1.60. The van der Waals surface area contributed by atoms with Gasteiger partial charge in [0.05, 0.1) is 10.6 Å². The molecule has 0 aromatic heterocycles. The molecule has 0 spiro atoms. The number of nitrogens with one attached hydrogen (secondary N) is 1. The van der Waals surface area contributed by atoms with Gasteiger partial charge in [-0.15, -0.1) is 0 Å². The van der Waals surface area contributed by atoms with E-state index < -0.39 is 28.5 Å². The van der Waals surface area contributed by atoms with Gasteiger partial charge in [0.25, 0.3) is 10.0 Å². The summed E-state index contributed by atoms with van der Waals surface area (Å²) in [6.07, 6.45) is 0.851. The van der Waals surface area contributed by atoms with Crippen LogP contribution in [-0.4, -0.2) is 57.0 Å². The van der Waals surface area contributed by atoms with Crippen molar-refractivity contribution in [2.45, 2.75) is 50.2 Å². The van der Waals surface area contributed by atoms with Crippen molar-refractivity contribution < 1.29 is 27.5 Å². The van der Waals surface area contributed by atoms with E-state index in [-0.39, 0.29) is 35.5 Å². The molecule has 1 heterocycles. The SMILES string of the molecule is CC[C@H](C)NC(=O)[C@@H](Cc1ccccc1)N(Cc1ccc(Cl)cc1Cl)C(=O)CN(c1ccc2c(c1)OCCO2)S(=O)(=O)c1ccccc1. The van der Waals surface area contributed by atoms with Gasteiger partial charge in [0, 0.05) is 35.1 Å². The van der Waals surface area contributed by atoms with Crippen LogP contribution in [0.3, 0.4) is 0 Å². The van der Waals surface area contributed by atoms with E-state index in [0.717, 1.165) is 9.87 Å². The fraction of sp³-hybridized carbons (Fsp3) is 0.278. The molecule has 12 heteroatoms. The van der Waals surface area contributed by atoms with Gasteiger partial charge >= 0.3 is 0 Å². The van der Waals surface area contributed by atoms with E-state index >= 15 is 0 Å². The highest BCUT2D eigenvalue weighted by Gasteiger charge is 2.35. The van der Waals surface area contributed by atoms with Gasteiger partial charge in [-0.1, -0.05) is 84.7 Å². The Kier molecular flexibility index (Phi) is 11.5. The quantitative estimate of drug-likeness (QED) is 0.170. The molecule has 2 atom stereocenters. The maximum Gasteiger partial charge on any atom is 0.264 e. The summed E-state index contributed by atoms with van der Waals surface area (Å²) in [5, 5.41) is 3.74. The normalized spacial score (nSPS) is 13.7. The van der Waals surface area contributed by atoms with Crippen LogP contribution in [0, 0.1) is 0 Å². The molecule has 4 aromatic rings. The minimum absolute atomic E-state index is 0.00432. The first-order valence-electron chi connectivity index (χ1n) is 15.6. The van der Waals surface area contributed by atoms with Crippen LogP contribution >= 0.6 is 23.2 Å². The number of carbonyl (C=O) groups is 2. The fourth-order valence-corrected chi connectivity index (χ4v) is 7.16. The maximum absolute atomic E-state index is 14.7. The van der Waals surface area contributed by atoms with Gasteiger partial charge in [0.1, 0.15) is 25.8 Å². The molecule has 1 aliphatic heterocycles. The Hall–Kier alpha value is -4.25. The van der Waals surface area contributed by atoms with Crippen molar-refractivity contribution in [3.8, 4) is 11.5 Å². The van der Waals surface area contributed by atoms with Gasteiger partial charge in [0.2, 0.25) is 11.8 Å². The number of hydrogen-bond donors (Lipinski definition) is 1. The number of amides is 2. The van der Waals surface area contributed by atoms with Gasteiger partial charge in [-0.3, -0.25) is 13.9 Å². The summed E-state index contributed by atoms with van der Waals surface area (Å²) in [5.74, 6) is -0.157. The molecule has 0 saturated carbocycles. The van der Waals surface area contributed by atoms with Gasteiger partial charge in [0.15, 0.2) is 11.5 Å². The first-order valence-corrected chi connectivity index (χ1v) is 17.8. The van der Waals surface area contributed by atoms with Crippen molar-refractivity contribution in [2.75, 3.05) is 24.1 Å². The molecule has 0 fully saturated rings. The molecule has 0 unspecified atom stereocenters. The molecule has 1 N–H and O–H groups in total. The van der Waals surface area contributed by atoms with Crippen LogP contribution in [0.5, 0.6) is 11.5 Å². The molecule has 252 valence electrons. The van der Waals surface area contributed by atoms with Crippen LogP contribution in [0.1, 0.15) is 31.4 Å². The van der Waals surface area contributed by atoms with Crippen molar-refractivity contribution in [3.05, 3.63) is 118 Å². The van der Waals surface area contributed by atoms with E-state index in [4.69, 9.17) is 32.7 Å². The zero-order chi connectivity index (χ0) is 34.3. The third kappa shape index (κ3) is 8.42. The average molecular weight is 711 g/mol. The van der Waals surface area contributed by atoms with Crippen molar-refractivity contribution in [1.29, 1.82) is 0 Å². The minimum atomic E-state index is -4.28. The lowest BCUT2D eigenvalue weighted by Crippen LogP contribution is -2.54. The summed E-state index contributed by atoms with van der Waals surface area (Å²) in [5.41, 5.74) is 1.56. The Morgan fingerprint density at radius 3 is 2.21 bits per heavy atom. The lowest BCUT2D eigenvalue weighted by atomic mass is 10.0. The summed E-state index contributed by atoms with van der Waals surface area (Å²) in [7, 11) is -4.28. The maximum atomic E-state index is 14.7. The first kappa shape index (κ1) is 35.1. The number of sulfonamides is 1. The van der Waals surface area contributed by atoms with Crippen LogP contribution in [0.4, 0.5) is 5.69 Å². The second kappa shape index (κ2) is 15.8. The molecule has 0 bridgehead atoms. The molecule has 5 rings (SSSR count). The summed E-state index contributed by atoms with van der Waals surface area (Å²) in [6, 6.07) is 25.7. The molecule has 2 amide bonds. The van der Waals surface area contributed by atoms with E-state index in [1.807, 2.05) is 44.2 Å². The molecule has 0 radical (unpaired) electrons. The smallest absolute Gasteiger partial charge is 0.264 e. The largest absolute Gasteiger partial charge is 0.486 e. The highest BCUT2D eigenvalue weighted by molar-refractivity contribution is 7.92. The Bertz CT molecular complexity index is 1840. The van der Waals surface area contributed by atoms with E-state index in [1.54, 1.807) is 54.6 Å². The summed E-state index contributed by atoms with van der Waals surface area (Å²) >= 11 is 12.8. The zero-order valence-electron chi connectivity index (χ0n) is 26.6. The molecule has 9 nitrogen and oxygen atoms in total. The van der Waals surface area contributed by atoms with Crippen molar-refractivity contribution >= 4 is 50.7 Å². The van der Waals surface area contributed by atoms with E-state index in [2.05, 4.69) is 5.32 Å². The van der Waals surface area contributed by atoms with E-state index in [0.29, 0.717) is 46.7 Å². The van der Waals surface area contributed by atoms with Crippen LogP contribution in [0.15, 0.2) is 102 Å². The third-order valence-corrected chi connectivity index (χ3v) is 10.4. The molecular weight excluding hydrogens is 673 g/mol. The minimum Gasteiger partial charge on any atom is -0.486 e. The fourth-order valence-electron chi connectivity index (χ4n) is 5.26. The van der Waals surface area contributed by atoms with Gasteiger partial charge in [-0.25, -0.2) is 8.42 Å². The van der Waals surface area contributed by atoms with Crippen LogP contribution in [0.25, 0.3) is 0 Å². The first-order chi connectivity index (χ1) is 23.1. The number of fused-ring (bicyclic) bond motifs is 1. The monoisotopic (exact) mass is 709 g/mol. The predicted octanol–water partition coefficient (Wildman–Crippen LogP) is 6.51. The Labute approximate surface area is 291 Å². The number of halogens is 2. The van der Waals surface area contributed by atoms with Gasteiger partial charge < -0.3 is 19.7 Å². The molecule has 0 saturated heterocycles. The Morgan fingerprint density at radius 2 is 1.54 bits per heavy atom. The highest BCUT2D eigenvalue weighted by atomic mass is 35.5. The van der Waals surface area contributed by atoms with Crippen molar-refractivity contribution in [2.24, 2.45) is 0 Å². The number of rotatable bonds is 13. The summed E-state index contributed by atoms with van der Waals surface area (Å²) in [6.45, 7) is 3.79. The molecule has 1 aliphatic rings. The van der Waals surface area contributed by atoms with E-state index in [9.17, 15) is 18.0 Å². The standard InChI is InChI=1S/C36H37Cl2N3O6S/c1-3-25(2)39-36(43)32(20-26-10-6-4-7-11-26)40(23-27-14-15-28(37)21-31(27)38)35(42)24-41(48(44,45)30-12-8-5-9-13-30)29-16-17-33-34(22-29)47-19-18-46-33/h4-17,21-22,25,32H,3,18-20,23-24H2,1-2H3,(H,39,43)/t25-,32+/m0/s1. The van der Waals surface area contributed by atoms with Crippen LogP contribution < -0.4 is 19.1 Å². The highest BCUT2D eigenvalue weighted by Crippen LogP contribution is 2.36.